The van der Waals surface area contributed by atoms with Crippen LogP contribution in [0.1, 0.15) is 47.2 Å². The summed E-state index contributed by atoms with van der Waals surface area (Å²) in [6.45, 7) is 1.51. The first kappa shape index (κ1) is 18.0. The summed E-state index contributed by atoms with van der Waals surface area (Å²) in [7, 11) is 3.24. The van der Waals surface area contributed by atoms with Crippen molar-refractivity contribution in [2.45, 2.75) is 32.1 Å². The van der Waals surface area contributed by atoms with Crippen LogP contribution in [0.4, 0.5) is 5.69 Å². The minimum Gasteiger partial charge on any atom is -0.493 e. The van der Waals surface area contributed by atoms with Crippen LogP contribution in [0, 0.1) is 0 Å². The summed E-state index contributed by atoms with van der Waals surface area (Å²) in [5.74, 6) is 1.48. The molecule has 0 aromatic heterocycles. The number of hydrogen-bond donors (Lipinski definition) is 1. The van der Waals surface area contributed by atoms with Crippen LogP contribution in [0.2, 0.25) is 0 Å². The highest BCUT2D eigenvalue weighted by atomic mass is 16.5. The van der Waals surface area contributed by atoms with Crippen molar-refractivity contribution in [3.8, 4) is 11.5 Å². The van der Waals surface area contributed by atoms with E-state index in [2.05, 4.69) is 5.32 Å². The summed E-state index contributed by atoms with van der Waals surface area (Å²) in [5, 5.41) is 2.90. The predicted octanol–water partition coefficient (Wildman–Crippen LogP) is 3.97. The number of ketones is 1. The molecule has 0 fully saturated rings. The predicted molar refractivity (Wildman–Crippen MR) is 100 cm³/mol. The van der Waals surface area contributed by atoms with E-state index in [0.29, 0.717) is 23.4 Å². The van der Waals surface area contributed by atoms with E-state index in [1.165, 1.54) is 12.5 Å². The number of hydrogen-bond acceptors (Lipinski definition) is 4. The number of amides is 1. The van der Waals surface area contributed by atoms with Gasteiger partial charge in [-0.1, -0.05) is 12.1 Å². The number of rotatable bonds is 6. The van der Waals surface area contributed by atoms with Gasteiger partial charge in [0.25, 0.3) is 0 Å². The average molecular weight is 353 g/mol. The molecule has 5 nitrogen and oxygen atoms in total. The van der Waals surface area contributed by atoms with Crippen molar-refractivity contribution in [1.29, 1.82) is 0 Å². The van der Waals surface area contributed by atoms with Gasteiger partial charge in [-0.05, 0) is 61.1 Å². The first-order chi connectivity index (χ1) is 12.5. The fourth-order valence-electron chi connectivity index (χ4n) is 3.48. The van der Waals surface area contributed by atoms with Gasteiger partial charge in [0.05, 0.1) is 14.2 Å². The Morgan fingerprint density at radius 1 is 1.12 bits per heavy atom. The number of ether oxygens (including phenoxy) is 2. The van der Waals surface area contributed by atoms with Crippen molar-refractivity contribution in [2.24, 2.45) is 0 Å². The second-order valence-corrected chi connectivity index (χ2v) is 6.53. The fourth-order valence-corrected chi connectivity index (χ4v) is 3.48. The number of nitrogens with one attached hydrogen (secondary N) is 1. The van der Waals surface area contributed by atoms with E-state index < -0.39 is 0 Å². The number of carbonyl (C=O) groups is 2. The van der Waals surface area contributed by atoms with Gasteiger partial charge in [-0.25, -0.2) is 0 Å². The molecule has 136 valence electrons. The summed E-state index contributed by atoms with van der Waals surface area (Å²) in [5.41, 5.74) is 3.59. The Labute approximate surface area is 153 Å². The molecule has 0 radical (unpaired) electrons. The van der Waals surface area contributed by atoms with Crippen LogP contribution in [-0.4, -0.2) is 25.9 Å². The molecule has 26 heavy (non-hydrogen) atoms. The highest BCUT2D eigenvalue weighted by Crippen LogP contribution is 2.41. The van der Waals surface area contributed by atoms with E-state index in [4.69, 9.17) is 9.47 Å². The molecule has 1 aliphatic carbocycles. The quantitative estimate of drug-likeness (QED) is 0.798. The first-order valence-electron chi connectivity index (χ1n) is 8.67. The van der Waals surface area contributed by atoms with E-state index >= 15 is 0 Å². The average Bonchev–Trinajstić information content (AvgIpc) is 3.02. The van der Waals surface area contributed by atoms with Gasteiger partial charge >= 0.3 is 0 Å². The lowest BCUT2D eigenvalue weighted by molar-refractivity contribution is -0.116. The molecule has 1 unspecified atom stereocenters. The molecule has 1 amide bonds. The normalized spacial score (nSPS) is 15.3. The van der Waals surface area contributed by atoms with Crippen molar-refractivity contribution in [2.75, 3.05) is 19.5 Å². The molecular formula is C21H23NO4. The molecule has 2 aromatic rings. The zero-order chi connectivity index (χ0) is 18.7. The highest BCUT2D eigenvalue weighted by Gasteiger charge is 2.27. The summed E-state index contributed by atoms with van der Waals surface area (Å²) < 4.78 is 10.7. The summed E-state index contributed by atoms with van der Waals surface area (Å²) in [4.78, 5) is 24.0. The van der Waals surface area contributed by atoms with Crippen molar-refractivity contribution in [1.82, 2.24) is 0 Å². The number of benzene rings is 2. The van der Waals surface area contributed by atoms with E-state index in [9.17, 15) is 9.59 Å². The molecule has 0 aliphatic heterocycles. The van der Waals surface area contributed by atoms with Gasteiger partial charge in [0.1, 0.15) is 0 Å². The van der Waals surface area contributed by atoms with Crippen LogP contribution in [-0.2, 0) is 11.2 Å². The van der Waals surface area contributed by atoms with Crippen LogP contribution in [0.15, 0.2) is 36.4 Å². The standard InChI is InChI=1S/C21H23NO4/c1-13(23)14-5-4-6-17(9-14)22-21(24)11-16-8-7-15-10-19(25-2)20(26-3)12-18(15)16/h4-6,9-10,12,16H,7-8,11H2,1-3H3,(H,22,24). The largest absolute Gasteiger partial charge is 0.493 e. The molecular weight excluding hydrogens is 330 g/mol. The monoisotopic (exact) mass is 353 g/mol. The van der Waals surface area contributed by atoms with Gasteiger partial charge in [0.15, 0.2) is 17.3 Å². The van der Waals surface area contributed by atoms with Crippen LogP contribution < -0.4 is 14.8 Å². The third-order valence-corrected chi connectivity index (χ3v) is 4.83. The lowest BCUT2D eigenvalue weighted by Crippen LogP contribution is -2.15. The van der Waals surface area contributed by atoms with Crippen LogP contribution >= 0.6 is 0 Å². The maximum atomic E-state index is 12.5. The summed E-state index contributed by atoms with van der Waals surface area (Å²) >= 11 is 0. The first-order valence-corrected chi connectivity index (χ1v) is 8.67. The summed E-state index contributed by atoms with van der Waals surface area (Å²) in [6.07, 6.45) is 2.24. The Morgan fingerprint density at radius 2 is 1.85 bits per heavy atom. The van der Waals surface area contributed by atoms with Crippen LogP contribution in [0.5, 0.6) is 11.5 Å². The van der Waals surface area contributed by atoms with Crippen LogP contribution in [0.25, 0.3) is 0 Å². The van der Waals surface area contributed by atoms with Gasteiger partial charge < -0.3 is 14.8 Å². The SMILES string of the molecule is COc1cc2c(cc1OC)C(CC(=O)Nc1cccc(C(C)=O)c1)CC2. The molecule has 5 heteroatoms. The molecule has 0 spiro atoms. The Balaban J connectivity index is 1.72. The smallest absolute Gasteiger partial charge is 0.224 e. The molecule has 1 aliphatic rings. The number of methoxy groups -OCH3 is 2. The van der Waals surface area contributed by atoms with Crippen molar-refractivity contribution >= 4 is 17.4 Å². The Kier molecular flexibility index (Phi) is 5.26. The molecule has 3 rings (SSSR count). The van der Waals surface area contributed by atoms with E-state index in [1.54, 1.807) is 38.5 Å². The van der Waals surface area contributed by atoms with Crippen molar-refractivity contribution < 1.29 is 19.1 Å². The highest BCUT2D eigenvalue weighted by molar-refractivity contribution is 5.97. The lowest BCUT2D eigenvalue weighted by Gasteiger charge is -2.15. The minimum absolute atomic E-state index is 0.0214. The number of aryl methyl sites for hydroxylation is 1. The topological polar surface area (TPSA) is 64.6 Å². The molecule has 1 atom stereocenters. The maximum Gasteiger partial charge on any atom is 0.224 e. The minimum atomic E-state index is -0.0571. The zero-order valence-corrected chi connectivity index (χ0v) is 15.3. The van der Waals surface area contributed by atoms with Crippen molar-refractivity contribution in [3.05, 3.63) is 53.1 Å². The van der Waals surface area contributed by atoms with Gasteiger partial charge in [-0.2, -0.15) is 0 Å². The third-order valence-electron chi connectivity index (χ3n) is 4.83. The molecule has 0 saturated carbocycles. The number of anilines is 1. The van der Waals surface area contributed by atoms with Gasteiger partial charge in [0, 0.05) is 17.7 Å². The molecule has 2 aromatic carbocycles. The van der Waals surface area contributed by atoms with Crippen LogP contribution in [0.3, 0.4) is 0 Å². The number of Topliss-reactive ketones (excluding diaryl/α,β-unsaturated/α-hetero) is 1. The van der Waals surface area contributed by atoms with Gasteiger partial charge in [-0.15, -0.1) is 0 Å². The maximum absolute atomic E-state index is 12.5. The van der Waals surface area contributed by atoms with Crippen molar-refractivity contribution in [3.63, 3.8) is 0 Å². The Bertz CT molecular complexity index is 844. The van der Waals surface area contributed by atoms with Gasteiger partial charge in [-0.3, -0.25) is 9.59 Å². The second-order valence-electron chi connectivity index (χ2n) is 6.53. The molecule has 0 bridgehead atoms. The lowest BCUT2D eigenvalue weighted by atomic mass is 9.97. The second kappa shape index (κ2) is 7.60. The number of fused-ring (bicyclic) bond motifs is 1. The number of carbonyl (C=O) groups excluding carboxylic acids is 2. The summed E-state index contributed by atoms with van der Waals surface area (Å²) in [6, 6.07) is 11.0. The molecule has 0 heterocycles. The Morgan fingerprint density at radius 3 is 2.54 bits per heavy atom. The van der Waals surface area contributed by atoms with E-state index in [0.717, 1.165) is 24.2 Å². The van der Waals surface area contributed by atoms with E-state index in [1.807, 2.05) is 12.1 Å². The zero-order valence-electron chi connectivity index (χ0n) is 15.3. The van der Waals surface area contributed by atoms with E-state index in [-0.39, 0.29) is 17.6 Å². The molecule has 1 N–H and O–H groups in total. The fraction of sp³-hybridized carbons (Fsp3) is 0.333. The third kappa shape index (κ3) is 3.72. The Hall–Kier alpha value is -2.82. The van der Waals surface area contributed by atoms with Gasteiger partial charge in [0.2, 0.25) is 5.91 Å². The molecule has 0 saturated heterocycles.